The van der Waals surface area contributed by atoms with Crippen LogP contribution in [-0.4, -0.2) is 44.7 Å². The molecule has 27 heavy (non-hydrogen) atoms. The van der Waals surface area contributed by atoms with Crippen molar-refractivity contribution in [3.8, 4) is 11.5 Å². The number of ether oxygens (including phenoxy) is 2. The fraction of sp³-hybridized carbons (Fsp3) is 0.250. The third-order valence-electron chi connectivity index (χ3n) is 4.19. The minimum absolute atomic E-state index is 0.0743. The van der Waals surface area contributed by atoms with Gasteiger partial charge in [0.25, 0.3) is 15.7 Å². The molecule has 142 valence electrons. The molecule has 0 amide bonds. The summed E-state index contributed by atoms with van der Waals surface area (Å²) in [4.78, 5) is 13.1. The third-order valence-corrected chi connectivity index (χ3v) is 5.54. The molecular formula is C16H16N4O6S. The molecule has 0 unspecified atom stereocenters. The number of nitrogens with one attached hydrogen (secondary N) is 2. The second-order valence-corrected chi connectivity index (χ2v) is 7.65. The highest BCUT2D eigenvalue weighted by Crippen LogP contribution is 2.47. The van der Waals surface area contributed by atoms with Crippen molar-refractivity contribution in [3.63, 3.8) is 0 Å². The Hall–Kier alpha value is -2.73. The van der Waals surface area contributed by atoms with E-state index < -0.39 is 14.9 Å². The molecule has 0 atom stereocenters. The maximum Gasteiger partial charge on any atom is 0.297 e. The first-order valence-electron chi connectivity index (χ1n) is 8.15. The van der Waals surface area contributed by atoms with Crippen LogP contribution >= 0.6 is 0 Å². The molecule has 2 N–H and O–H groups in total. The average molecular weight is 392 g/mol. The van der Waals surface area contributed by atoms with Crippen molar-refractivity contribution in [1.82, 2.24) is 9.84 Å². The molecule has 2 aromatic carbocycles. The number of hydrogen-bond acceptors (Lipinski definition) is 8. The summed E-state index contributed by atoms with van der Waals surface area (Å²) in [6, 6.07) is 9.20. The lowest BCUT2D eigenvalue weighted by Crippen LogP contribution is -2.48. The van der Waals surface area contributed by atoms with Crippen LogP contribution in [0.15, 0.2) is 41.3 Å². The number of benzene rings is 2. The van der Waals surface area contributed by atoms with Crippen LogP contribution in [0.4, 0.5) is 17.1 Å². The zero-order chi connectivity index (χ0) is 19.0. The van der Waals surface area contributed by atoms with Crippen molar-refractivity contribution < 1.29 is 22.8 Å². The van der Waals surface area contributed by atoms with E-state index in [9.17, 15) is 18.5 Å². The Balaban J connectivity index is 1.73. The quantitative estimate of drug-likeness (QED) is 0.510. The Bertz CT molecular complexity index is 1000. The Labute approximate surface area is 154 Å². The summed E-state index contributed by atoms with van der Waals surface area (Å²) in [6.45, 7) is 1.57. The fourth-order valence-electron chi connectivity index (χ4n) is 2.87. The van der Waals surface area contributed by atoms with E-state index >= 15 is 0 Å². The molecule has 0 aliphatic carbocycles. The van der Waals surface area contributed by atoms with Gasteiger partial charge in [-0.05, 0) is 12.1 Å². The molecule has 0 saturated carbocycles. The summed E-state index contributed by atoms with van der Waals surface area (Å²) < 4.78 is 36.3. The highest BCUT2D eigenvalue weighted by molar-refractivity contribution is 7.89. The number of hydrazine groups is 1. The molecule has 2 heterocycles. The van der Waals surface area contributed by atoms with Crippen molar-refractivity contribution in [2.45, 2.75) is 4.90 Å². The maximum atomic E-state index is 12.7. The summed E-state index contributed by atoms with van der Waals surface area (Å²) in [5.74, 6) is 0.528. The SMILES string of the molecule is O=[N+]([O-])c1cc(S(=O)(=O)NN2CCOCC2)cc2c1Nc1ccccc1O2. The molecular weight excluding hydrogens is 376 g/mol. The lowest BCUT2D eigenvalue weighted by Gasteiger charge is -2.27. The molecule has 0 aromatic heterocycles. The van der Waals surface area contributed by atoms with Gasteiger partial charge in [-0.25, -0.2) is 13.4 Å². The second-order valence-electron chi connectivity index (χ2n) is 5.99. The van der Waals surface area contributed by atoms with Gasteiger partial charge in [0.05, 0.1) is 28.7 Å². The van der Waals surface area contributed by atoms with Crippen LogP contribution in [0.25, 0.3) is 0 Å². The zero-order valence-corrected chi connectivity index (χ0v) is 14.9. The number of fused-ring (bicyclic) bond motifs is 2. The van der Waals surface area contributed by atoms with Gasteiger partial charge in [-0.1, -0.05) is 12.1 Å². The number of rotatable bonds is 4. The van der Waals surface area contributed by atoms with E-state index in [0.29, 0.717) is 37.7 Å². The first-order valence-corrected chi connectivity index (χ1v) is 9.64. The van der Waals surface area contributed by atoms with Gasteiger partial charge in [-0.15, -0.1) is 4.83 Å². The number of hydrogen-bond donors (Lipinski definition) is 2. The molecule has 1 saturated heterocycles. The number of nitro groups is 1. The van der Waals surface area contributed by atoms with Crippen LogP contribution in [0.1, 0.15) is 0 Å². The summed E-state index contributed by atoms with van der Waals surface area (Å²) in [6.07, 6.45) is 0. The zero-order valence-electron chi connectivity index (χ0n) is 14.0. The molecule has 11 heteroatoms. The molecule has 0 radical (unpaired) electrons. The molecule has 0 spiro atoms. The Morgan fingerprint density at radius 2 is 1.89 bits per heavy atom. The van der Waals surface area contributed by atoms with Gasteiger partial charge in [0, 0.05) is 25.2 Å². The molecule has 10 nitrogen and oxygen atoms in total. The maximum absolute atomic E-state index is 12.7. The normalized spacial score (nSPS) is 16.6. The van der Waals surface area contributed by atoms with Gasteiger partial charge < -0.3 is 14.8 Å². The molecule has 2 aromatic rings. The summed E-state index contributed by atoms with van der Waals surface area (Å²) in [5.41, 5.74) is 0.295. The lowest BCUT2D eigenvalue weighted by molar-refractivity contribution is -0.384. The third kappa shape index (κ3) is 3.45. The number of para-hydroxylation sites is 2. The van der Waals surface area contributed by atoms with Crippen LogP contribution < -0.4 is 14.9 Å². The first-order chi connectivity index (χ1) is 12.9. The van der Waals surface area contributed by atoms with Crippen molar-refractivity contribution in [2.75, 3.05) is 31.6 Å². The number of anilines is 2. The monoisotopic (exact) mass is 392 g/mol. The van der Waals surface area contributed by atoms with E-state index in [1.165, 1.54) is 11.1 Å². The Morgan fingerprint density at radius 3 is 2.63 bits per heavy atom. The predicted molar refractivity (Wildman–Crippen MR) is 95.6 cm³/mol. The van der Waals surface area contributed by atoms with Crippen molar-refractivity contribution in [1.29, 1.82) is 0 Å². The average Bonchev–Trinajstić information content (AvgIpc) is 2.65. The molecule has 0 bridgehead atoms. The van der Waals surface area contributed by atoms with Crippen LogP contribution in [0, 0.1) is 10.1 Å². The van der Waals surface area contributed by atoms with Gasteiger partial charge in [0.15, 0.2) is 17.2 Å². The number of sulfonamides is 1. The Kier molecular flexibility index (Phi) is 4.44. The minimum Gasteiger partial charge on any atom is -0.453 e. The fourth-order valence-corrected chi connectivity index (χ4v) is 4.03. The predicted octanol–water partition coefficient (Wildman–Crippen LogP) is 1.97. The van der Waals surface area contributed by atoms with Gasteiger partial charge in [-0.2, -0.15) is 0 Å². The van der Waals surface area contributed by atoms with E-state index in [1.54, 1.807) is 24.3 Å². The van der Waals surface area contributed by atoms with Crippen LogP contribution in [0.2, 0.25) is 0 Å². The highest BCUT2D eigenvalue weighted by atomic mass is 32.2. The topological polar surface area (TPSA) is 123 Å². The van der Waals surface area contributed by atoms with Gasteiger partial charge in [-0.3, -0.25) is 10.1 Å². The Morgan fingerprint density at radius 1 is 1.15 bits per heavy atom. The first kappa shape index (κ1) is 17.7. The second kappa shape index (κ2) is 6.78. The minimum atomic E-state index is -4.02. The number of nitro benzene ring substituents is 1. The summed E-state index contributed by atoms with van der Waals surface area (Å²) >= 11 is 0. The van der Waals surface area contributed by atoms with Crippen molar-refractivity contribution in [3.05, 3.63) is 46.5 Å². The van der Waals surface area contributed by atoms with E-state index in [0.717, 1.165) is 6.07 Å². The van der Waals surface area contributed by atoms with Crippen LogP contribution in [0.3, 0.4) is 0 Å². The molecule has 1 fully saturated rings. The van der Waals surface area contributed by atoms with E-state index in [2.05, 4.69) is 10.1 Å². The van der Waals surface area contributed by atoms with Gasteiger partial charge in [0.1, 0.15) is 0 Å². The van der Waals surface area contributed by atoms with E-state index in [4.69, 9.17) is 9.47 Å². The van der Waals surface area contributed by atoms with Gasteiger partial charge in [0.2, 0.25) is 0 Å². The van der Waals surface area contributed by atoms with Crippen LogP contribution in [-0.2, 0) is 14.8 Å². The van der Waals surface area contributed by atoms with Gasteiger partial charge >= 0.3 is 0 Å². The summed E-state index contributed by atoms with van der Waals surface area (Å²) in [5, 5.41) is 16.0. The van der Waals surface area contributed by atoms with Crippen molar-refractivity contribution in [2.24, 2.45) is 0 Å². The number of morpholine rings is 1. The molecule has 4 rings (SSSR count). The van der Waals surface area contributed by atoms with E-state index in [-0.39, 0.29) is 22.0 Å². The standard InChI is InChI=1S/C16H16N4O6S/c21-20(22)13-9-11(27(23,24)18-19-5-7-25-8-6-19)10-15-16(13)17-12-3-1-2-4-14(12)26-15/h1-4,9-10,17-18H,5-8H2. The lowest BCUT2D eigenvalue weighted by atomic mass is 10.2. The molecule has 2 aliphatic rings. The highest BCUT2D eigenvalue weighted by Gasteiger charge is 2.30. The largest absolute Gasteiger partial charge is 0.453 e. The van der Waals surface area contributed by atoms with Crippen LogP contribution in [0.5, 0.6) is 11.5 Å². The molecule has 2 aliphatic heterocycles. The van der Waals surface area contributed by atoms with Crippen molar-refractivity contribution >= 4 is 27.1 Å². The summed E-state index contributed by atoms with van der Waals surface area (Å²) in [7, 11) is -4.02. The smallest absolute Gasteiger partial charge is 0.297 e. The van der Waals surface area contributed by atoms with E-state index in [1.807, 2.05) is 0 Å². The number of nitrogens with zero attached hydrogens (tertiary/aromatic N) is 2.